The molecule has 2 rings (SSSR count). The highest BCUT2D eigenvalue weighted by atomic mass is 16.2. The number of carbonyl (C=O) groups is 1. The molecule has 4 heteroatoms. The molecule has 4 N–H and O–H groups in total. The van der Waals surface area contributed by atoms with Crippen molar-refractivity contribution in [3.8, 4) is 0 Å². The SMILES string of the molecule is NC(Cc1ccccc1)C(=O)NC1CCNCC1. The van der Waals surface area contributed by atoms with Crippen molar-refractivity contribution in [2.75, 3.05) is 13.1 Å². The van der Waals surface area contributed by atoms with Gasteiger partial charge in [-0.1, -0.05) is 30.3 Å². The fourth-order valence-electron chi connectivity index (χ4n) is 2.24. The van der Waals surface area contributed by atoms with Crippen molar-refractivity contribution in [1.29, 1.82) is 0 Å². The third-order valence-corrected chi connectivity index (χ3v) is 3.32. The number of carbonyl (C=O) groups excluding carboxylic acids is 1. The molecule has 1 aromatic carbocycles. The molecule has 0 radical (unpaired) electrons. The molecule has 0 saturated carbocycles. The van der Waals surface area contributed by atoms with E-state index in [0.717, 1.165) is 31.5 Å². The van der Waals surface area contributed by atoms with Gasteiger partial charge in [0.15, 0.2) is 0 Å². The zero-order valence-corrected chi connectivity index (χ0v) is 10.6. The molecule has 1 amide bonds. The van der Waals surface area contributed by atoms with Gasteiger partial charge in [0.25, 0.3) is 0 Å². The number of nitrogens with two attached hydrogens (primary N) is 1. The minimum atomic E-state index is -0.456. The highest BCUT2D eigenvalue weighted by Crippen LogP contribution is 2.05. The van der Waals surface area contributed by atoms with Crippen LogP contribution in [0.15, 0.2) is 30.3 Å². The van der Waals surface area contributed by atoms with Crippen molar-refractivity contribution >= 4 is 5.91 Å². The number of amides is 1. The number of nitrogens with one attached hydrogen (secondary N) is 2. The molecule has 0 spiro atoms. The van der Waals surface area contributed by atoms with Crippen molar-refractivity contribution < 1.29 is 4.79 Å². The summed E-state index contributed by atoms with van der Waals surface area (Å²) in [7, 11) is 0. The van der Waals surface area contributed by atoms with Crippen molar-refractivity contribution in [1.82, 2.24) is 10.6 Å². The van der Waals surface area contributed by atoms with Gasteiger partial charge in [0, 0.05) is 6.04 Å². The van der Waals surface area contributed by atoms with Gasteiger partial charge in [-0.15, -0.1) is 0 Å². The van der Waals surface area contributed by atoms with Crippen LogP contribution in [0.3, 0.4) is 0 Å². The highest BCUT2D eigenvalue weighted by molar-refractivity contribution is 5.82. The van der Waals surface area contributed by atoms with E-state index in [2.05, 4.69) is 10.6 Å². The lowest BCUT2D eigenvalue weighted by Crippen LogP contribution is -2.49. The van der Waals surface area contributed by atoms with Gasteiger partial charge in [0.05, 0.1) is 6.04 Å². The zero-order chi connectivity index (χ0) is 12.8. The Morgan fingerprint density at radius 1 is 1.33 bits per heavy atom. The summed E-state index contributed by atoms with van der Waals surface area (Å²) in [5.74, 6) is -0.0363. The molecule has 1 atom stereocenters. The van der Waals surface area contributed by atoms with Crippen molar-refractivity contribution in [3.63, 3.8) is 0 Å². The maximum absolute atomic E-state index is 12.0. The van der Waals surface area contributed by atoms with Crippen LogP contribution in [0.5, 0.6) is 0 Å². The van der Waals surface area contributed by atoms with Crippen molar-refractivity contribution in [3.05, 3.63) is 35.9 Å². The molecule has 1 saturated heterocycles. The lowest BCUT2D eigenvalue weighted by atomic mass is 10.0. The van der Waals surface area contributed by atoms with E-state index in [4.69, 9.17) is 5.73 Å². The molecular formula is C14H21N3O. The number of hydrogen-bond acceptors (Lipinski definition) is 3. The van der Waals surface area contributed by atoms with Gasteiger partial charge in [-0.3, -0.25) is 4.79 Å². The second kappa shape index (κ2) is 6.52. The Morgan fingerprint density at radius 2 is 2.00 bits per heavy atom. The molecule has 0 aliphatic carbocycles. The Bertz CT molecular complexity index is 374. The lowest BCUT2D eigenvalue weighted by Gasteiger charge is -2.25. The number of benzene rings is 1. The summed E-state index contributed by atoms with van der Waals surface area (Å²) < 4.78 is 0. The van der Waals surface area contributed by atoms with E-state index in [1.54, 1.807) is 0 Å². The van der Waals surface area contributed by atoms with Crippen LogP contribution in [-0.4, -0.2) is 31.1 Å². The van der Waals surface area contributed by atoms with Gasteiger partial charge >= 0.3 is 0 Å². The fraction of sp³-hybridized carbons (Fsp3) is 0.500. The topological polar surface area (TPSA) is 67.2 Å². The maximum Gasteiger partial charge on any atom is 0.237 e. The van der Waals surface area contributed by atoms with E-state index in [1.165, 1.54) is 0 Å². The average Bonchev–Trinajstić information content (AvgIpc) is 2.41. The quantitative estimate of drug-likeness (QED) is 0.722. The van der Waals surface area contributed by atoms with Crippen LogP contribution >= 0.6 is 0 Å². The maximum atomic E-state index is 12.0. The highest BCUT2D eigenvalue weighted by Gasteiger charge is 2.19. The molecule has 0 bridgehead atoms. The second-order valence-corrected chi connectivity index (χ2v) is 4.83. The van der Waals surface area contributed by atoms with Gasteiger partial charge in [0.1, 0.15) is 0 Å². The first-order chi connectivity index (χ1) is 8.75. The van der Waals surface area contributed by atoms with E-state index < -0.39 is 6.04 Å². The first-order valence-corrected chi connectivity index (χ1v) is 6.56. The summed E-state index contributed by atoms with van der Waals surface area (Å²) in [6.07, 6.45) is 2.57. The molecule has 98 valence electrons. The summed E-state index contributed by atoms with van der Waals surface area (Å²) in [6.45, 7) is 1.94. The Balaban J connectivity index is 1.81. The Labute approximate surface area is 108 Å². The lowest BCUT2D eigenvalue weighted by molar-refractivity contribution is -0.123. The predicted molar refractivity (Wildman–Crippen MR) is 72.2 cm³/mol. The summed E-state index contributed by atoms with van der Waals surface area (Å²) in [5.41, 5.74) is 7.04. The molecule has 1 fully saturated rings. The van der Waals surface area contributed by atoms with Crippen LogP contribution in [0.1, 0.15) is 18.4 Å². The van der Waals surface area contributed by atoms with E-state index >= 15 is 0 Å². The van der Waals surface area contributed by atoms with Crippen LogP contribution in [0.2, 0.25) is 0 Å². The van der Waals surface area contributed by atoms with Crippen LogP contribution in [-0.2, 0) is 11.2 Å². The van der Waals surface area contributed by atoms with Crippen LogP contribution in [0, 0.1) is 0 Å². The monoisotopic (exact) mass is 247 g/mol. The third-order valence-electron chi connectivity index (χ3n) is 3.32. The predicted octanol–water partition coefficient (Wildman–Crippen LogP) is 0.425. The standard InChI is InChI=1S/C14H21N3O/c15-13(10-11-4-2-1-3-5-11)14(18)17-12-6-8-16-9-7-12/h1-5,12-13,16H,6-10,15H2,(H,17,18). The summed E-state index contributed by atoms with van der Waals surface area (Å²) >= 11 is 0. The van der Waals surface area contributed by atoms with Crippen molar-refractivity contribution in [2.45, 2.75) is 31.3 Å². The van der Waals surface area contributed by atoms with Gasteiger partial charge < -0.3 is 16.4 Å². The van der Waals surface area contributed by atoms with E-state index in [-0.39, 0.29) is 11.9 Å². The summed E-state index contributed by atoms with van der Waals surface area (Å²) in [5, 5.41) is 6.31. The van der Waals surface area contributed by atoms with E-state index in [0.29, 0.717) is 6.42 Å². The molecule has 0 aromatic heterocycles. The van der Waals surface area contributed by atoms with Gasteiger partial charge in [0.2, 0.25) is 5.91 Å². The fourth-order valence-corrected chi connectivity index (χ4v) is 2.24. The Kier molecular flexibility index (Phi) is 4.73. The van der Waals surface area contributed by atoms with Crippen LogP contribution < -0.4 is 16.4 Å². The first-order valence-electron chi connectivity index (χ1n) is 6.56. The molecular weight excluding hydrogens is 226 g/mol. The molecule has 18 heavy (non-hydrogen) atoms. The zero-order valence-electron chi connectivity index (χ0n) is 10.6. The normalized spacial score (nSPS) is 18.3. The Morgan fingerprint density at radius 3 is 2.67 bits per heavy atom. The van der Waals surface area contributed by atoms with Crippen LogP contribution in [0.4, 0.5) is 0 Å². The molecule has 1 heterocycles. The molecule has 1 aliphatic rings. The van der Waals surface area contributed by atoms with Crippen molar-refractivity contribution in [2.24, 2.45) is 5.73 Å². The average molecular weight is 247 g/mol. The smallest absolute Gasteiger partial charge is 0.237 e. The minimum absolute atomic E-state index is 0.0363. The largest absolute Gasteiger partial charge is 0.352 e. The minimum Gasteiger partial charge on any atom is -0.352 e. The molecule has 1 unspecified atom stereocenters. The number of hydrogen-bond donors (Lipinski definition) is 3. The molecule has 1 aromatic rings. The van der Waals surface area contributed by atoms with Crippen LogP contribution in [0.25, 0.3) is 0 Å². The summed E-state index contributed by atoms with van der Waals surface area (Å²) in [6, 6.07) is 9.71. The van der Waals surface area contributed by atoms with E-state index in [1.807, 2.05) is 30.3 Å². The van der Waals surface area contributed by atoms with Gasteiger partial charge in [-0.05, 0) is 37.9 Å². The number of piperidine rings is 1. The Hall–Kier alpha value is -1.39. The van der Waals surface area contributed by atoms with Gasteiger partial charge in [-0.2, -0.15) is 0 Å². The molecule has 4 nitrogen and oxygen atoms in total. The second-order valence-electron chi connectivity index (χ2n) is 4.83. The van der Waals surface area contributed by atoms with Gasteiger partial charge in [-0.25, -0.2) is 0 Å². The molecule has 1 aliphatic heterocycles. The van der Waals surface area contributed by atoms with E-state index in [9.17, 15) is 4.79 Å². The third kappa shape index (κ3) is 3.82. The first kappa shape index (κ1) is 13.1. The number of rotatable bonds is 4. The summed E-state index contributed by atoms with van der Waals surface area (Å²) in [4.78, 5) is 12.0.